The molecule has 0 radical (unpaired) electrons. The topological polar surface area (TPSA) is 135 Å². The first-order valence-corrected chi connectivity index (χ1v) is 11.1. The number of nitrogen functional groups attached to an aromatic ring is 1. The molecular weight excluding hydrogens is 454 g/mol. The lowest BCUT2D eigenvalue weighted by molar-refractivity contribution is -0.364. The van der Waals surface area contributed by atoms with Crippen molar-refractivity contribution in [2.24, 2.45) is 0 Å². The Balaban J connectivity index is 1.76. The molecule has 1 aromatic heterocycles. The average Bonchev–Trinajstić information content (AvgIpc) is 3.14. The van der Waals surface area contributed by atoms with Gasteiger partial charge in [-0.25, -0.2) is 4.98 Å². The van der Waals surface area contributed by atoms with Crippen molar-refractivity contribution in [3.05, 3.63) is 82.1 Å². The predicted octanol–water partition coefficient (Wildman–Crippen LogP) is 4.14. The second kappa shape index (κ2) is 10.0. The fraction of sp³-hybridized carbons (Fsp3) is 0.143. The number of pyridine rings is 1. The number of amides is 1. The summed E-state index contributed by atoms with van der Waals surface area (Å²) in [7, 11) is 1.52. The first-order valence-electron chi connectivity index (χ1n) is 11.1. The van der Waals surface area contributed by atoms with Crippen molar-refractivity contribution in [3.63, 3.8) is 0 Å². The number of aromatic nitrogens is 1. The molecule has 0 atom stereocenters. The smallest absolute Gasteiger partial charge is 0.289 e. The number of carbonyl (C=O) groups excluding carboxylic acids is 1. The molecule has 8 nitrogen and oxygen atoms in total. The van der Waals surface area contributed by atoms with Crippen LogP contribution < -0.4 is 25.5 Å². The number of nitrogens with zero attached hydrogens (tertiary/aromatic N) is 2. The number of anilines is 2. The van der Waals surface area contributed by atoms with Crippen LogP contribution in [0.3, 0.4) is 0 Å². The maximum absolute atomic E-state index is 12.5. The van der Waals surface area contributed by atoms with E-state index in [1.165, 1.54) is 7.11 Å². The summed E-state index contributed by atoms with van der Waals surface area (Å²) < 4.78 is 11.4. The number of para-hydroxylation sites is 2. The van der Waals surface area contributed by atoms with E-state index < -0.39 is 0 Å². The lowest BCUT2D eigenvalue weighted by atomic mass is 9.95. The first-order chi connectivity index (χ1) is 17.4. The highest BCUT2D eigenvalue weighted by atomic mass is 16.5. The summed E-state index contributed by atoms with van der Waals surface area (Å²) in [6, 6.07) is 18.9. The summed E-state index contributed by atoms with van der Waals surface area (Å²) in [5.41, 5.74) is 11.6. The van der Waals surface area contributed by atoms with E-state index in [0.717, 1.165) is 16.7 Å². The Labute approximate surface area is 208 Å². The molecule has 0 bridgehead atoms. The number of aromatic amines is 1. The number of methoxy groups -OCH3 is 1. The first kappa shape index (κ1) is 24.1. The van der Waals surface area contributed by atoms with E-state index >= 15 is 0 Å². The van der Waals surface area contributed by atoms with E-state index in [1.807, 2.05) is 43.3 Å². The van der Waals surface area contributed by atoms with Gasteiger partial charge in [0.05, 0.1) is 7.11 Å². The molecule has 1 heterocycles. The number of rotatable bonds is 6. The van der Waals surface area contributed by atoms with Crippen molar-refractivity contribution < 1.29 is 19.3 Å². The maximum atomic E-state index is 12.5. The van der Waals surface area contributed by atoms with Gasteiger partial charge in [0.2, 0.25) is 0 Å². The third-order valence-electron chi connectivity index (χ3n) is 5.99. The standard InChI is InChI=1S/C28H23N5O3/c1-16-20(25-17(2)22(14-30)28(31)33-26(25)21(16)13-29)12-18-8-7-11-23(35-3)27(18)36-15-24(34)32-19-9-5-4-6-10-19/h4-12H,15H2,1-3H3,(H2,31,33)(H,32,34)/p+1. The minimum Gasteiger partial charge on any atom is -0.493 e. The summed E-state index contributed by atoms with van der Waals surface area (Å²) in [4.78, 5) is 15.5. The van der Waals surface area contributed by atoms with E-state index in [9.17, 15) is 15.3 Å². The second-order valence-electron chi connectivity index (χ2n) is 8.15. The Hall–Kier alpha value is -5.08. The highest BCUT2D eigenvalue weighted by Crippen LogP contribution is 2.44. The lowest BCUT2D eigenvalue weighted by Crippen LogP contribution is -2.20. The van der Waals surface area contributed by atoms with Gasteiger partial charge in [-0.05, 0) is 54.8 Å². The molecule has 0 aliphatic heterocycles. The Morgan fingerprint density at radius 2 is 1.86 bits per heavy atom. The zero-order valence-electron chi connectivity index (χ0n) is 20.1. The third kappa shape index (κ3) is 4.36. The van der Waals surface area contributed by atoms with E-state index in [4.69, 9.17) is 15.2 Å². The van der Waals surface area contributed by atoms with Gasteiger partial charge in [0.1, 0.15) is 23.3 Å². The number of allylic oxidation sites excluding steroid dienone is 3. The number of ether oxygens (including phenoxy) is 2. The molecule has 0 spiro atoms. The third-order valence-corrected chi connectivity index (χ3v) is 5.99. The van der Waals surface area contributed by atoms with E-state index in [0.29, 0.717) is 45.1 Å². The van der Waals surface area contributed by atoms with E-state index in [1.54, 1.807) is 25.1 Å². The van der Waals surface area contributed by atoms with Gasteiger partial charge in [-0.3, -0.25) is 10.5 Å². The van der Waals surface area contributed by atoms with Crippen LogP contribution >= 0.6 is 0 Å². The average molecular weight is 479 g/mol. The number of nitriles is 2. The van der Waals surface area contributed by atoms with Crippen molar-refractivity contribution in [2.75, 3.05) is 24.8 Å². The van der Waals surface area contributed by atoms with Gasteiger partial charge in [-0.1, -0.05) is 30.3 Å². The number of nitrogens with one attached hydrogen (secondary N) is 2. The molecule has 0 saturated carbocycles. The number of hydrogen-bond donors (Lipinski definition) is 2. The molecular formula is C28H24N5O3+. The van der Waals surface area contributed by atoms with Crippen molar-refractivity contribution in [1.82, 2.24) is 0 Å². The van der Waals surface area contributed by atoms with Crippen molar-refractivity contribution >= 4 is 34.6 Å². The van der Waals surface area contributed by atoms with Crippen LogP contribution in [0.2, 0.25) is 0 Å². The summed E-state index contributed by atoms with van der Waals surface area (Å²) >= 11 is 0. The van der Waals surface area contributed by atoms with Gasteiger partial charge >= 0.3 is 0 Å². The monoisotopic (exact) mass is 478 g/mol. The fourth-order valence-corrected chi connectivity index (χ4v) is 4.25. The minimum atomic E-state index is -0.320. The molecule has 3 aromatic rings. The molecule has 4 rings (SSSR count). The fourth-order valence-electron chi connectivity index (χ4n) is 4.25. The van der Waals surface area contributed by atoms with Crippen LogP contribution in [0.15, 0.2) is 54.1 Å². The predicted molar refractivity (Wildman–Crippen MR) is 137 cm³/mol. The van der Waals surface area contributed by atoms with Gasteiger partial charge in [0.25, 0.3) is 11.7 Å². The molecule has 0 fully saturated rings. The van der Waals surface area contributed by atoms with Gasteiger partial charge in [-0.2, -0.15) is 10.5 Å². The van der Waals surface area contributed by atoms with Crippen LogP contribution in [-0.2, 0) is 4.79 Å². The number of fused-ring (bicyclic) bond motifs is 1. The normalized spacial score (nSPS) is 13.1. The van der Waals surface area contributed by atoms with Crippen molar-refractivity contribution in [1.29, 1.82) is 10.5 Å². The molecule has 0 unspecified atom stereocenters. The number of H-pyrrole nitrogens is 1. The highest BCUT2D eigenvalue weighted by Gasteiger charge is 2.32. The number of nitrogens with two attached hydrogens (primary N) is 1. The van der Waals surface area contributed by atoms with Crippen LogP contribution in [0.5, 0.6) is 11.5 Å². The Morgan fingerprint density at radius 3 is 2.53 bits per heavy atom. The number of carbonyl (C=O) groups is 1. The summed E-state index contributed by atoms with van der Waals surface area (Å²) in [6.07, 6.45) is 1.86. The molecule has 8 heteroatoms. The molecule has 1 aliphatic rings. The number of hydrogen-bond acceptors (Lipinski definition) is 6. The Bertz CT molecular complexity index is 1510. The molecule has 4 N–H and O–H groups in total. The summed E-state index contributed by atoms with van der Waals surface area (Å²) in [6.45, 7) is 3.41. The Kier molecular flexibility index (Phi) is 6.71. The minimum absolute atomic E-state index is 0.213. The lowest BCUT2D eigenvalue weighted by Gasteiger charge is -2.15. The van der Waals surface area contributed by atoms with Crippen LogP contribution in [0.4, 0.5) is 11.5 Å². The van der Waals surface area contributed by atoms with Gasteiger partial charge in [0, 0.05) is 16.8 Å². The summed E-state index contributed by atoms with van der Waals surface area (Å²) in [5.74, 6) is 0.730. The Morgan fingerprint density at radius 1 is 1.11 bits per heavy atom. The van der Waals surface area contributed by atoms with E-state index in [-0.39, 0.29) is 18.3 Å². The van der Waals surface area contributed by atoms with Gasteiger partial charge in [0.15, 0.2) is 23.8 Å². The SMILES string of the molecule is COc1cccc(C=C2C(C)=C(C#N)c3[nH+]c(N)c(C#N)c(C)c32)c1OCC(=O)Nc1ccccc1. The molecule has 178 valence electrons. The number of benzene rings is 2. The molecule has 1 amide bonds. The molecule has 36 heavy (non-hydrogen) atoms. The van der Waals surface area contributed by atoms with E-state index in [2.05, 4.69) is 22.4 Å². The van der Waals surface area contributed by atoms with Crippen molar-refractivity contribution in [3.8, 4) is 23.6 Å². The van der Waals surface area contributed by atoms with Crippen molar-refractivity contribution in [2.45, 2.75) is 13.8 Å². The highest BCUT2D eigenvalue weighted by molar-refractivity contribution is 6.08. The van der Waals surface area contributed by atoms with Gasteiger partial charge < -0.3 is 14.8 Å². The molecule has 1 aliphatic carbocycles. The second-order valence-corrected chi connectivity index (χ2v) is 8.15. The quantitative estimate of drug-likeness (QED) is 0.547. The molecule has 2 aromatic carbocycles. The van der Waals surface area contributed by atoms with Crippen LogP contribution in [0.25, 0.3) is 17.2 Å². The van der Waals surface area contributed by atoms with Crippen LogP contribution in [0, 0.1) is 29.6 Å². The summed E-state index contributed by atoms with van der Waals surface area (Å²) in [5, 5.41) is 22.2. The molecule has 0 saturated heterocycles. The van der Waals surface area contributed by atoms with Crippen LogP contribution in [-0.4, -0.2) is 19.6 Å². The largest absolute Gasteiger partial charge is 0.493 e. The zero-order valence-corrected chi connectivity index (χ0v) is 20.1. The maximum Gasteiger partial charge on any atom is 0.289 e. The van der Waals surface area contributed by atoms with Gasteiger partial charge in [-0.15, -0.1) is 0 Å². The zero-order chi connectivity index (χ0) is 25.8. The van der Waals surface area contributed by atoms with Crippen LogP contribution in [0.1, 0.15) is 34.9 Å².